The lowest BCUT2D eigenvalue weighted by Gasteiger charge is -2.22. The van der Waals surface area contributed by atoms with Gasteiger partial charge in [0.2, 0.25) is 0 Å². The lowest BCUT2D eigenvalue weighted by atomic mass is 10.2. The number of aldehydes is 2. The second-order valence-electron chi connectivity index (χ2n) is 4.26. The monoisotopic (exact) mass is 273 g/mol. The number of hydrogen-bond acceptors (Lipinski definition) is 3. The molecule has 0 amide bonds. The molecule has 20 heavy (non-hydrogen) atoms. The number of rotatable bonds is 4. The maximum atomic E-state index is 10.4. The highest BCUT2D eigenvalue weighted by Gasteiger charge is 2.05. The van der Waals surface area contributed by atoms with Crippen molar-refractivity contribution in [2.45, 2.75) is 20.4 Å². The van der Waals surface area contributed by atoms with E-state index in [1.54, 1.807) is 12.1 Å². The van der Waals surface area contributed by atoms with Crippen LogP contribution in [0.25, 0.3) is 0 Å². The Kier molecular flexibility index (Phi) is 6.96. The first-order valence-electron chi connectivity index (χ1n) is 6.76. The fourth-order valence-corrected chi connectivity index (χ4v) is 1.75. The molecule has 1 aromatic heterocycles. The van der Waals surface area contributed by atoms with Gasteiger partial charge >= 0.3 is 0 Å². The average molecular weight is 273 g/mol. The lowest BCUT2D eigenvalue weighted by molar-refractivity contribution is -0.693. The Hall–Kier alpha value is -2.23. The lowest BCUT2D eigenvalue weighted by Crippen LogP contribution is -2.30. The number of carbonyl (C=O) groups excluding carboxylic acids is 2. The van der Waals surface area contributed by atoms with Crippen LogP contribution in [0.15, 0.2) is 48.5 Å². The van der Waals surface area contributed by atoms with Crippen LogP contribution in [-0.2, 0) is 11.3 Å². The van der Waals surface area contributed by atoms with Gasteiger partial charge in [0.1, 0.15) is 6.54 Å². The number of carbonyl (C=O) groups is 2. The maximum Gasteiger partial charge on any atom is 0.169 e. The van der Waals surface area contributed by atoms with Gasteiger partial charge in [0.05, 0.1) is 5.70 Å². The zero-order valence-electron chi connectivity index (χ0n) is 12.0. The van der Waals surface area contributed by atoms with Crippen molar-refractivity contribution in [3.05, 3.63) is 54.0 Å². The Bertz CT molecular complexity index is 490. The van der Waals surface area contributed by atoms with Crippen molar-refractivity contribution in [2.75, 3.05) is 13.1 Å². The fourth-order valence-electron chi connectivity index (χ4n) is 1.75. The molecule has 0 aromatic carbocycles. The summed E-state index contributed by atoms with van der Waals surface area (Å²) < 4.78 is 2.01. The molecule has 1 aliphatic heterocycles. The molecule has 1 aliphatic rings. The molecule has 106 valence electrons. The Balaban J connectivity index is 0.000000200. The molecule has 2 heterocycles. The van der Waals surface area contributed by atoms with E-state index < -0.39 is 0 Å². The highest BCUT2D eigenvalue weighted by atomic mass is 16.1. The molecule has 0 radical (unpaired) electrons. The third-order valence-electron chi connectivity index (χ3n) is 3.01. The zero-order valence-corrected chi connectivity index (χ0v) is 12.0. The normalized spacial score (nSPS) is 13.1. The minimum absolute atomic E-state index is 0.727. The van der Waals surface area contributed by atoms with Gasteiger partial charge in [-0.05, 0) is 19.9 Å². The SMILES string of the molecule is CCN1CC=CC=C1C=O.CC[n+]1ccc(C=O)cc1. The Morgan fingerprint density at radius 3 is 2.35 bits per heavy atom. The van der Waals surface area contributed by atoms with Gasteiger partial charge in [0.15, 0.2) is 25.0 Å². The molecule has 0 spiro atoms. The van der Waals surface area contributed by atoms with Crippen molar-refractivity contribution >= 4 is 12.6 Å². The first-order valence-corrected chi connectivity index (χ1v) is 6.76. The Morgan fingerprint density at radius 2 is 1.90 bits per heavy atom. The van der Waals surface area contributed by atoms with Crippen molar-refractivity contribution in [3.63, 3.8) is 0 Å². The molecule has 0 atom stereocenters. The van der Waals surface area contributed by atoms with Crippen molar-refractivity contribution in [1.82, 2.24) is 4.90 Å². The summed E-state index contributed by atoms with van der Waals surface area (Å²) in [5.41, 5.74) is 1.51. The van der Waals surface area contributed by atoms with Gasteiger partial charge in [0.25, 0.3) is 0 Å². The predicted octanol–water partition coefficient (Wildman–Crippen LogP) is 1.77. The van der Waals surface area contributed by atoms with Gasteiger partial charge in [-0.15, -0.1) is 0 Å². The summed E-state index contributed by atoms with van der Waals surface area (Å²) in [6.07, 6.45) is 11.3. The van der Waals surface area contributed by atoms with E-state index >= 15 is 0 Å². The zero-order chi connectivity index (χ0) is 14.8. The van der Waals surface area contributed by atoms with Crippen molar-refractivity contribution in [1.29, 1.82) is 0 Å². The predicted molar refractivity (Wildman–Crippen MR) is 78.2 cm³/mol. The van der Waals surface area contributed by atoms with Gasteiger partial charge < -0.3 is 4.90 Å². The van der Waals surface area contributed by atoms with Gasteiger partial charge in [-0.3, -0.25) is 9.59 Å². The number of aryl methyl sites for hydroxylation is 1. The molecule has 0 saturated heterocycles. The average Bonchev–Trinajstić information content (AvgIpc) is 2.55. The number of allylic oxidation sites excluding steroid dienone is 3. The number of likely N-dealkylation sites (N-methyl/N-ethyl adjacent to an activating group) is 1. The molecule has 0 aliphatic carbocycles. The summed E-state index contributed by atoms with van der Waals surface area (Å²) in [4.78, 5) is 22.6. The quantitative estimate of drug-likeness (QED) is 0.620. The van der Waals surface area contributed by atoms with Crippen LogP contribution < -0.4 is 4.57 Å². The minimum atomic E-state index is 0.727. The summed E-state index contributed by atoms with van der Waals surface area (Å²) in [7, 11) is 0. The number of hydrogen-bond donors (Lipinski definition) is 0. The van der Waals surface area contributed by atoms with Crippen LogP contribution in [0.1, 0.15) is 24.2 Å². The van der Waals surface area contributed by atoms with E-state index in [9.17, 15) is 9.59 Å². The highest BCUT2D eigenvalue weighted by Crippen LogP contribution is 2.05. The van der Waals surface area contributed by atoms with Crippen LogP contribution >= 0.6 is 0 Å². The van der Waals surface area contributed by atoms with E-state index in [0.29, 0.717) is 0 Å². The molecular formula is C16H21N2O2+. The van der Waals surface area contributed by atoms with Gasteiger partial charge in [-0.2, -0.15) is 0 Å². The first-order chi connectivity index (χ1) is 9.74. The second kappa shape index (κ2) is 8.80. The fraction of sp³-hybridized carbons (Fsp3) is 0.312. The molecule has 1 aromatic rings. The smallest absolute Gasteiger partial charge is 0.169 e. The minimum Gasteiger partial charge on any atom is -0.365 e. The van der Waals surface area contributed by atoms with E-state index in [2.05, 4.69) is 6.92 Å². The van der Waals surface area contributed by atoms with E-state index in [4.69, 9.17) is 0 Å². The molecular weight excluding hydrogens is 252 g/mol. The molecule has 0 saturated carbocycles. The largest absolute Gasteiger partial charge is 0.365 e. The molecule has 2 rings (SSSR count). The first kappa shape index (κ1) is 15.8. The molecule has 4 heteroatoms. The van der Waals surface area contributed by atoms with Crippen LogP contribution in [0.2, 0.25) is 0 Å². The van der Waals surface area contributed by atoms with Crippen LogP contribution in [0.4, 0.5) is 0 Å². The number of aromatic nitrogens is 1. The summed E-state index contributed by atoms with van der Waals surface area (Å²) in [6.45, 7) is 6.80. The molecule has 4 nitrogen and oxygen atoms in total. The summed E-state index contributed by atoms with van der Waals surface area (Å²) >= 11 is 0. The van der Waals surface area contributed by atoms with Gasteiger partial charge in [-0.1, -0.05) is 12.2 Å². The second-order valence-corrected chi connectivity index (χ2v) is 4.26. The van der Waals surface area contributed by atoms with Crippen LogP contribution in [0.5, 0.6) is 0 Å². The molecule has 0 N–H and O–H groups in total. The van der Waals surface area contributed by atoms with Gasteiger partial charge in [0, 0.05) is 30.8 Å². The van der Waals surface area contributed by atoms with Crippen LogP contribution in [-0.4, -0.2) is 30.6 Å². The van der Waals surface area contributed by atoms with Crippen LogP contribution in [0.3, 0.4) is 0 Å². The third kappa shape index (κ3) is 4.80. The maximum absolute atomic E-state index is 10.4. The number of pyridine rings is 1. The highest BCUT2D eigenvalue weighted by molar-refractivity contribution is 5.74. The van der Waals surface area contributed by atoms with E-state index in [-0.39, 0.29) is 0 Å². The standard InChI is InChI=1S/C8H10NO.C8H11NO/c1-2-9-5-3-8(7-10)4-6-9;1-2-9-6-4-3-5-8(9)7-10/h3-7H,2H2,1H3;3-5,7H,2,6H2,1H3/q+1;. The van der Waals surface area contributed by atoms with E-state index in [1.807, 2.05) is 47.0 Å². The number of nitrogens with zero attached hydrogens (tertiary/aromatic N) is 2. The summed E-state index contributed by atoms with van der Waals surface area (Å²) in [5, 5.41) is 0. The van der Waals surface area contributed by atoms with Gasteiger partial charge in [-0.25, -0.2) is 4.57 Å². The summed E-state index contributed by atoms with van der Waals surface area (Å²) in [5.74, 6) is 0. The topological polar surface area (TPSA) is 41.3 Å². The van der Waals surface area contributed by atoms with Crippen molar-refractivity contribution < 1.29 is 14.2 Å². The molecule has 0 bridgehead atoms. The Labute approximate surface area is 120 Å². The van der Waals surface area contributed by atoms with E-state index in [1.165, 1.54) is 0 Å². The van der Waals surface area contributed by atoms with Crippen molar-refractivity contribution in [3.8, 4) is 0 Å². The third-order valence-corrected chi connectivity index (χ3v) is 3.01. The Morgan fingerprint density at radius 1 is 1.20 bits per heavy atom. The van der Waals surface area contributed by atoms with Crippen LogP contribution in [0, 0.1) is 0 Å². The molecule has 0 fully saturated rings. The summed E-state index contributed by atoms with van der Waals surface area (Å²) in [6, 6.07) is 3.60. The van der Waals surface area contributed by atoms with E-state index in [0.717, 1.165) is 43.5 Å². The molecule has 0 unspecified atom stereocenters. The van der Waals surface area contributed by atoms with Crippen molar-refractivity contribution in [2.24, 2.45) is 0 Å².